The molecule has 3 aromatic rings. The highest BCUT2D eigenvalue weighted by molar-refractivity contribution is 7.27. The topological polar surface area (TPSA) is 98.3 Å². The molecule has 168 valence electrons. The van der Waals surface area contributed by atoms with Crippen molar-refractivity contribution in [1.82, 2.24) is 20.2 Å². The minimum Gasteiger partial charge on any atom is -0.396 e. The standard InChI is InChI=1S/C23H26ClN4O3P/c24-21-10-16-9-18(26-20(16)11-25-21)22(30)27-19(8-14-3-5-17(32)6-4-14)23(31)28-7-1-2-15(12-28)13-29/h3-6,9-11,15,19,26,29H,1-2,7-8,12-13,32H2,(H,27,30)/t15?,19-/m0/s1. The van der Waals surface area contributed by atoms with E-state index in [1.54, 1.807) is 23.2 Å². The molecule has 1 aliphatic rings. The fourth-order valence-electron chi connectivity index (χ4n) is 4.09. The molecular weight excluding hydrogens is 447 g/mol. The first-order valence-corrected chi connectivity index (χ1v) is 11.6. The molecule has 9 heteroatoms. The van der Waals surface area contributed by atoms with E-state index in [1.165, 1.54) is 0 Å². The Morgan fingerprint density at radius 2 is 2.09 bits per heavy atom. The molecule has 2 unspecified atom stereocenters. The van der Waals surface area contributed by atoms with E-state index in [0.717, 1.165) is 29.1 Å². The first-order chi connectivity index (χ1) is 15.4. The number of benzene rings is 1. The highest BCUT2D eigenvalue weighted by atomic mass is 35.5. The van der Waals surface area contributed by atoms with Crippen LogP contribution in [0.1, 0.15) is 28.9 Å². The number of nitrogens with one attached hydrogen (secondary N) is 2. The molecule has 0 radical (unpaired) electrons. The van der Waals surface area contributed by atoms with Crippen molar-refractivity contribution in [3.05, 3.63) is 59.0 Å². The number of aliphatic hydroxyl groups is 1. The number of pyridine rings is 1. The molecule has 0 spiro atoms. The number of aromatic nitrogens is 2. The number of hydrogen-bond donors (Lipinski definition) is 3. The third kappa shape index (κ3) is 5.29. The van der Waals surface area contributed by atoms with Crippen LogP contribution in [-0.4, -0.2) is 57.5 Å². The van der Waals surface area contributed by atoms with Gasteiger partial charge in [-0.25, -0.2) is 4.98 Å². The SMILES string of the molecule is O=C(N[C@@H](Cc1ccc(P)cc1)C(=O)N1CCCC(CO)C1)c1cc2cc(Cl)ncc2[nH]1. The van der Waals surface area contributed by atoms with Crippen molar-refractivity contribution < 1.29 is 14.7 Å². The van der Waals surface area contributed by atoms with E-state index in [9.17, 15) is 14.7 Å². The maximum atomic E-state index is 13.4. The molecule has 1 aliphatic heterocycles. The molecule has 0 saturated carbocycles. The zero-order chi connectivity index (χ0) is 22.7. The molecule has 4 rings (SSSR count). The van der Waals surface area contributed by atoms with Gasteiger partial charge in [-0.2, -0.15) is 0 Å². The van der Waals surface area contributed by atoms with Gasteiger partial charge in [0.2, 0.25) is 5.91 Å². The number of hydrogen-bond acceptors (Lipinski definition) is 4. The molecule has 32 heavy (non-hydrogen) atoms. The average molecular weight is 473 g/mol. The van der Waals surface area contributed by atoms with Gasteiger partial charge in [-0.3, -0.25) is 9.59 Å². The molecule has 0 bridgehead atoms. The number of H-pyrrole nitrogens is 1. The number of carbonyl (C=O) groups is 2. The Balaban J connectivity index is 1.56. The molecule has 2 amide bonds. The highest BCUT2D eigenvalue weighted by Gasteiger charge is 2.30. The van der Waals surface area contributed by atoms with Crippen LogP contribution in [0.2, 0.25) is 5.15 Å². The second-order valence-electron chi connectivity index (χ2n) is 8.22. The first-order valence-electron chi connectivity index (χ1n) is 10.6. The van der Waals surface area contributed by atoms with Crippen LogP contribution in [0.15, 0.2) is 42.6 Å². The van der Waals surface area contributed by atoms with Gasteiger partial charge in [0, 0.05) is 31.5 Å². The molecule has 1 saturated heterocycles. The van der Waals surface area contributed by atoms with Gasteiger partial charge in [-0.1, -0.05) is 35.9 Å². The highest BCUT2D eigenvalue weighted by Crippen LogP contribution is 2.20. The zero-order valence-corrected chi connectivity index (χ0v) is 19.5. The van der Waals surface area contributed by atoms with Crippen LogP contribution < -0.4 is 10.6 Å². The number of aliphatic hydroxyl groups excluding tert-OH is 1. The molecule has 0 aliphatic carbocycles. The van der Waals surface area contributed by atoms with Crippen LogP contribution in [0.5, 0.6) is 0 Å². The van der Waals surface area contributed by atoms with Crippen LogP contribution in [0.3, 0.4) is 0 Å². The molecule has 3 N–H and O–H groups in total. The Bertz CT molecular complexity index is 1120. The molecule has 1 aromatic carbocycles. The minimum atomic E-state index is -0.719. The molecule has 1 fully saturated rings. The summed E-state index contributed by atoms with van der Waals surface area (Å²) in [5.74, 6) is -0.423. The Kier molecular flexibility index (Phi) is 7.09. The summed E-state index contributed by atoms with van der Waals surface area (Å²) in [5, 5.41) is 14.6. The number of piperidine rings is 1. The van der Waals surface area contributed by atoms with Crippen LogP contribution >= 0.6 is 20.8 Å². The van der Waals surface area contributed by atoms with Crippen molar-refractivity contribution in [1.29, 1.82) is 0 Å². The number of fused-ring (bicyclic) bond motifs is 1. The number of nitrogens with zero attached hydrogens (tertiary/aromatic N) is 2. The van der Waals surface area contributed by atoms with Crippen molar-refractivity contribution in [3.63, 3.8) is 0 Å². The van der Waals surface area contributed by atoms with Gasteiger partial charge in [0.15, 0.2) is 0 Å². The number of carbonyl (C=O) groups excluding carboxylic acids is 2. The summed E-state index contributed by atoms with van der Waals surface area (Å²) in [6.07, 6.45) is 3.70. The Morgan fingerprint density at radius 3 is 2.84 bits per heavy atom. The number of aromatic amines is 1. The Hall–Kier alpha value is -2.47. The third-order valence-corrected chi connectivity index (χ3v) is 6.42. The monoisotopic (exact) mass is 472 g/mol. The van der Waals surface area contributed by atoms with Crippen molar-refractivity contribution in [2.24, 2.45) is 5.92 Å². The number of likely N-dealkylation sites (tertiary alicyclic amines) is 1. The fraction of sp³-hybridized carbons (Fsp3) is 0.348. The summed E-state index contributed by atoms with van der Waals surface area (Å²) in [6, 6.07) is 10.5. The van der Waals surface area contributed by atoms with Crippen LogP contribution in [0.25, 0.3) is 10.9 Å². The average Bonchev–Trinajstić information content (AvgIpc) is 3.23. The maximum absolute atomic E-state index is 13.4. The first kappa shape index (κ1) is 22.7. The lowest BCUT2D eigenvalue weighted by Crippen LogP contribution is -2.52. The molecule has 3 atom stereocenters. The van der Waals surface area contributed by atoms with Crippen LogP contribution in [0.4, 0.5) is 0 Å². The number of amides is 2. The van der Waals surface area contributed by atoms with E-state index < -0.39 is 6.04 Å². The number of halogens is 1. The smallest absolute Gasteiger partial charge is 0.268 e. The molecule has 3 heterocycles. The van der Waals surface area contributed by atoms with Gasteiger partial charge in [0.1, 0.15) is 16.9 Å². The largest absolute Gasteiger partial charge is 0.396 e. The maximum Gasteiger partial charge on any atom is 0.268 e. The van der Waals surface area contributed by atoms with E-state index in [2.05, 4.69) is 24.5 Å². The van der Waals surface area contributed by atoms with Gasteiger partial charge >= 0.3 is 0 Å². The van der Waals surface area contributed by atoms with Crippen molar-refractivity contribution in [2.75, 3.05) is 19.7 Å². The Morgan fingerprint density at radius 1 is 1.31 bits per heavy atom. The van der Waals surface area contributed by atoms with E-state index in [0.29, 0.717) is 35.9 Å². The lowest BCUT2D eigenvalue weighted by atomic mass is 9.97. The van der Waals surface area contributed by atoms with Gasteiger partial charge in [0.25, 0.3) is 5.91 Å². The summed E-state index contributed by atoms with van der Waals surface area (Å²) in [4.78, 5) is 35.3. The summed E-state index contributed by atoms with van der Waals surface area (Å²) in [5.41, 5.74) is 1.99. The quantitative estimate of drug-likeness (QED) is 0.378. The predicted molar refractivity (Wildman–Crippen MR) is 128 cm³/mol. The second kappa shape index (κ2) is 9.99. The van der Waals surface area contributed by atoms with E-state index in [4.69, 9.17) is 11.6 Å². The zero-order valence-electron chi connectivity index (χ0n) is 17.6. The minimum absolute atomic E-state index is 0.0576. The summed E-state index contributed by atoms with van der Waals surface area (Å²) in [7, 11) is 2.64. The van der Waals surface area contributed by atoms with E-state index in [-0.39, 0.29) is 24.3 Å². The van der Waals surface area contributed by atoms with Crippen molar-refractivity contribution in [2.45, 2.75) is 25.3 Å². The summed E-state index contributed by atoms with van der Waals surface area (Å²) >= 11 is 5.95. The lowest BCUT2D eigenvalue weighted by molar-refractivity contribution is -0.135. The van der Waals surface area contributed by atoms with Crippen molar-refractivity contribution >= 4 is 48.9 Å². The van der Waals surface area contributed by atoms with Gasteiger partial charge < -0.3 is 20.3 Å². The van der Waals surface area contributed by atoms with Gasteiger partial charge in [0.05, 0.1) is 11.7 Å². The lowest BCUT2D eigenvalue weighted by Gasteiger charge is -2.34. The van der Waals surface area contributed by atoms with E-state index >= 15 is 0 Å². The van der Waals surface area contributed by atoms with Crippen LogP contribution in [0, 0.1) is 5.92 Å². The molecular formula is C23H26ClN4O3P. The second-order valence-corrected chi connectivity index (χ2v) is 9.28. The molecule has 7 nitrogen and oxygen atoms in total. The van der Waals surface area contributed by atoms with Gasteiger partial charge in [-0.05, 0) is 41.8 Å². The summed E-state index contributed by atoms with van der Waals surface area (Å²) in [6.45, 7) is 1.19. The van der Waals surface area contributed by atoms with Crippen LogP contribution in [-0.2, 0) is 11.2 Å². The van der Waals surface area contributed by atoms with E-state index in [1.807, 2.05) is 24.3 Å². The molecule has 2 aromatic heterocycles. The summed E-state index contributed by atoms with van der Waals surface area (Å²) < 4.78 is 0. The number of rotatable bonds is 6. The predicted octanol–water partition coefficient (Wildman–Crippen LogP) is 2.29. The normalized spacial score (nSPS) is 17.3. The Labute approximate surface area is 193 Å². The van der Waals surface area contributed by atoms with Gasteiger partial charge in [-0.15, -0.1) is 9.24 Å². The van der Waals surface area contributed by atoms with Crippen molar-refractivity contribution in [3.8, 4) is 0 Å². The third-order valence-electron chi connectivity index (χ3n) is 5.83. The fourth-order valence-corrected chi connectivity index (χ4v) is 4.45.